The molecular weight excluding hydrogens is 536 g/mol. The summed E-state index contributed by atoms with van der Waals surface area (Å²) in [5.41, 5.74) is 7.52. The lowest BCUT2D eigenvalue weighted by atomic mass is 10.0. The summed E-state index contributed by atoms with van der Waals surface area (Å²) in [5, 5.41) is 2.39. The Morgan fingerprint density at radius 3 is 1.59 bits per heavy atom. The normalized spacial score (nSPS) is 11.2. The molecule has 2 aromatic heterocycles. The van der Waals surface area contributed by atoms with Gasteiger partial charge in [-0.1, -0.05) is 127 Å². The van der Waals surface area contributed by atoms with Gasteiger partial charge in [0.2, 0.25) is 0 Å². The predicted molar refractivity (Wildman–Crippen MR) is 182 cm³/mol. The van der Waals surface area contributed by atoms with E-state index in [1.807, 2.05) is 30.3 Å². The first-order chi connectivity index (χ1) is 21.8. The van der Waals surface area contributed by atoms with E-state index in [4.69, 9.17) is 9.97 Å². The molecule has 0 saturated carbocycles. The van der Waals surface area contributed by atoms with Gasteiger partial charge in [0.25, 0.3) is 0 Å². The van der Waals surface area contributed by atoms with Crippen molar-refractivity contribution >= 4 is 39.0 Å². The summed E-state index contributed by atoms with van der Waals surface area (Å²) >= 11 is 0. The predicted octanol–water partition coefficient (Wildman–Crippen LogP) is 10.4. The minimum absolute atomic E-state index is 0.667. The summed E-state index contributed by atoms with van der Waals surface area (Å²) in [4.78, 5) is 12.7. The summed E-state index contributed by atoms with van der Waals surface area (Å²) in [6.07, 6.45) is 0. The molecule has 2 heterocycles. The molecule has 6 aromatic carbocycles. The van der Waals surface area contributed by atoms with E-state index in [1.165, 1.54) is 16.3 Å². The third kappa shape index (κ3) is 4.59. The van der Waals surface area contributed by atoms with Crippen LogP contribution in [-0.2, 0) is 0 Å². The van der Waals surface area contributed by atoms with Crippen LogP contribution in [0.4, 0.5) is 17.2 Å². The van der Waals surface area contributed by atoms with Gasteiger partial charge < -0.3 is 0 Å². The van der Waals surface area contributed by atoms with Gasteiger partial charge in [-0.05, 0) is 47.5 Å². The Bertz CT molecular complexity index is 2170. The van der Waals surface area contributed by atoms with Crippen LogP contribution in [0.1, 0.15) is 0 Å². The summed E-state index contributed by atoms with van der Waals surface area (Å²) in [7, 11) is 0. The Balaban J connectivity index is 1.41. The van der Waals surface area contributed by atoms with Crippen molar-refractivity contribution in [2.24, 2.45) is 0 Å². The van der Waals surface area contributed by atoms with Crippen LogP contribution in [0.5, 0.6) is 0 Å². The second-order valence-corrected chi connectivity index (χ2v) is 10.7. The van der Waals surface area contributed by atoms with Gasteiger partial charge in [-0.2, -0.15) is 0 Å². The van der Waals surface area contributed by atoms with Crippen molar-refractivity contribution < 1.29 is 0 Å². The number of hydrogen-bond acceptors (Lipinski definition) is 3. The van der Waals surface area contributed by atoms with Crippen molar-refractivity contribution in [1.82, 2.24) is 14.5 Å². The van der Waals surface area contributed by atoms with Crippen LogP contribution < -0.4 is 4.90 Å². The largest absolute Gasteiger partial charge is 0.295 e. The number of rotatable bonds is 6. The highest BCUT2D eigenvalue weighted by Gasteiger charge is 2.20. The molecule has 0 radical (unpaired) electrons. The Labute approximate surface area is 256 Å². The maximum absolute atomic E-state index is 5.23. The van der Waals surface area contributed by atoms with Crippen LogP contribution in [0.2, 0.25) is 0 Å². The lowest BCUT2D eigenvalue weighted by Crippen LogP contribution is -2.14. The van der Waals surface area contributed by atoms with Crippen LogP contribution in [0.3, 0.4) is 0 Å². The highest BCUT2D eigenvalue weighted by molar-refractivity contribution is 6.09. The molecule has 0 saturated heterocycles. The van der Waals surface area contributed by atoms with Crippen molar-refractivity contribution in [2.45, 2.75) is 0 Å². The van der Waals surface area contributed by atoms with Crippen LogP contribution in [0.25, 0.3) is 50.1 Å². The molecule has 0 atom stereocenters. The minimum Gasteiger partial charge on any atom is -0.295 e. The quantitative estimate of drug-likeness (QED) is 0.201. The van der Waals surface area contributed by atoms with Crippen molar-refractivity contribution in [2.75, 3.05) is 4.90 Å². The van der Waals surface area contributed by atoms with Crippen LogP contribution in [-0.4, -0.2) is 14.5 Å². The molecule has 0 aliphatic heterocycles. The lowest BCUT2D eigenvalue weighted by molar-refractivity contribution is 1.03. The summed E-state index contributed by atoms with van der Waals surface area (Å²) < 4.78 is 2.26. The lowest BCUT2D eigenvalue weighted by Gasteiger charge is -2.26. The molecule has 208 valence electrons. The average molecular weight is 565 g/mol. The van der Waals surface area contributed by atoms with Crippen LogP contribution in [0.15, 0.2) is 170 Å². The van der Waals surface area contributed by atoms with Gasteiger partial charge in [-0.3, -0.25) is 9.47 Å². The fourth-order valence-corrected chi connectivity index (χ4v) is 5.98. The van der Waals surface area contributed by atoms with Crippen LogP contribution >= 0.6 is 0 Å². The number of anilines is 3. The molecule has 4 heteroatoms. The van der Waals surface area contributed by atoms with E-state index < -0.39 is 0 Å². The monoisotopic (exact) mass is 564 g/mol. The first kappa shape index (κ1) is 25.7. The van der Waals surface area contributed by atoms with Crippen molar-refractivity contribution in [3.8, 4) is 28.3 Å². The summed E-state index contributed by atoms with van der Waals surface area (Å²) in [6, 6.07) is 58.9. The highest BCUT2D eigenvalue weighted by atomic mass is 15.2. The van der Waals surface area contributed by atoms with Gasteiger partial charge in [-0.25, -0.2) is 9.97 Å². The second kappa shape index (κ2) is 11.0. The van der Waals surface area contributed by atoms with Crippen molar-refractivity contribution in [3.05, 3.63) is 170 Å². The second-order valence-electron chi connectivity index (χ2n) is 10.7. The molecule has 8 rings (SSSR count). The number of hydrogen-bond donors (Lipinski definition) is 0. The molecule has 44 heavy (non-hydrogen) atoms. The van der Waals surface area contributed by atoms with Crippen molar-refractivity contribution in [1.29, 1.82) is 0 Å². The zero-order chi connectivity index (χ0) is 29.3. The van der Waals surface area contributed by atoms with E-state index in [1.54, 1.807) is 0 Å². The summed E-state index contributed by atoms with van der Waals surface area (Å²) in [5.74, 6) is 2.26. The number of para-hydroxylation sites is 3. The third-order valence-corrected chi connectivity index (χ3v) is 8.00. The van der Waals surface area contributed by atoms with Gasteiger partial charge in [0.1, 0.15) is 11.6 Å². The zero-order valence-electron chi connectivity index (χ0n) is 24.0. The molecule has 0 fully saturated rings. The smallest absolute Gasteiger partial charge is 0.163 e. The fraction of sp³-hybridized carbons (Fsp3) is 0. The number of fused-ring (bicyclic) bond motifs is 3. The number of aromatic nitrogens is 3. The van der Waals surface area contributed by atoms with E-state index in [9.17, 15) is 0 Å². The van der Waals surface area contributed by atoms with E-state index in [0.29, 0.717) is 5.82 Å². The van der Waals surface area contributed by atoms with Gasteiger partial charge in [0.05, 0.1) is 11.0 Å². The standard InChI is InChI=1S/C40H28N4/c1-4-15-29(16-5-1)31-19-14-22-33(27-31)43(32-20-8-3-9-21-32)38-28-39(42-40(41-38)30-17-6-2-7-18-30)44-36-25-12-10-23-34(36)35-24-11-13-26-37(35)44/h1-28H. The molecule has 0 aliphatic rings. The molecule has 4 nitrogen and oxygen atoms in total. The van der Waals surface area contributed by atoms with E-state index >= 15 is 0 Å². The Morgan fingerprint density at radius 1 is 0.409 bits per heavy atom. The maximum Gasteiger partial charge on any atom is 0.163 e. The maximum atomic E-state index is 5.23. The topological polar surface area (TPSA) is 34.0 Å². The Kier molecular flexibility index (Phi) is 6.43. The fourth-order valence-electron chi connectivity index (χ4n) is 5.98. The average Bonchev–Trinajstić information content (AvgIpc) is 3.44. The molecule has 0 bridgehead atoms. The number of nitrogens with zero attached hydrogens (tertiary/aromatic N) is 4. The third-order valence-electron chi connectivity index (χ3n) is 8.00. The van der Waals surface area contributed by atoms with Gasteiger partial charge in [0, 0.05) is 33.8 Å². The number of benzene rings is 6. The summed E-state index contributed by atoms with van der Waals surface area (Å²) in [6.45, 7) is 0. The van der Waals surface area contributed by atoms with Gasteiger partial charge >= 0.3 is 0 Å². The molecule has 0 spiro atoms. The molecule has 0 aliphatic carbocycles. The van der Waals surface area contributed by atoms with Crippen molar-refractivity contribution in [3.63, 3.8) is 0 Å². The van der Waals surface area contributed by atoms with E-state index in [0.717, 1.165) is 45.2 Å². The molecule has 8 aromatic rings. The first-order valence-corrected chi connectivity index (χ1v) is 14.8. The molecular formula is C40H28N4. The van der Waals surface area contributed by atoms with Crippen LogP contribution in [0, 0.1) is 0 Å². The first-order valence-electron chi connectivity index (χ1n) is 14.8. The minimum atomic E-state index is 0.667. The molecule has 0 N–H and O–H groups in total. The Hall–Kier alpha value is -6.00. The van der Waals surface area contributed by atoms with E-state index in [2.05, 4.69) is 149 Å². The Morgan fingerprint density at radius 2 is 0.932 bits per heavy atom. The van der Waals surface area contributed by atoms with Gasteiger partial charge in [-0.15, -0.1) is 0 Å². The molecule has 0 amide bonds. The van der Waals surface area contributed by atoms with Gasteiger partial charge in [0.15, 0.2) is 5.82 Å². The zero-order valence-corrected chi connectivity index (χ0v) is 24.0. The highest BCUT2D eigenvalue weighted by Crippen LogP contribution is 2.38. The SMILES string of the molecule is c1ccc(-c2cccc(N(c3ccccc3)c3cc(-n4c5ccccc5c5ccccc54)nc(-c4ccccc4)n3)c2)cc1. The van der Waals surface area contributed by atoms with E-state index in [-0.39, 0.29) is 0 Å². The molecule has 0 unspecified atom stereocenters.